The van der Waals surface area contributed by atoms with Gasteiger partial charge in [0.2, 0.25) is 0 Å². The number of benzene rings is 1. The predicted octanol–water partition coefficient (Wildman–Crippen LogP) is 3.65. The van der Waals surface area contributed by atoms with Crippen LogP contribution in [0.15, 0.2) is 35.1 Å². The highest BCUT2D eigenvalue weighted by Crippen LogP contribution is 2.35. The lowest BCUT2D eigenvalue weighted by atomic mass is 9.97. The first-order valence-corrected chi connectivity index (χ1v) is 13.4. The number of aromatic nitrogens is 1. The van der Waals surface area contributed by atoms with Crippen molar-refractivity contribution in [3.8, 4) is 6.07 Å². The summed E-state index contributed by atoms with van der Waals surface area (Å²) in [7, 11) is 1.71. The van der Waals surface area contributed by atoms with Gasteiger partial charge in [0.15, 0.2) is 0 Å². The van der Waals surface area contributed by atoms with E-state index in [1.165, 1.54) is 17.2 Å². The zero-order valence-electron chi connectivity index (χ0n) is 21.9. The van der Waals surface area contributed by atoms with Crippen molar-refractivity contribution >= 4 is 44.8 Å². The Kier molecular flexibility index (Phi) is 8.66. The monoisotopic (exact) mass is 599 g/mol. The first-order chi connectivity index (χ1) is 18.6. The highest BCUT2D eigenvalue weighted by atomic mass is 79.9. The topological polar surface area (TPSA) is 154 Å². The molecule has 2 aromatic rings. The maximum atomic E-state index is 13.7. The van der Waals surface area contributed by atoms with E-state index in [1.807, 2.05) is 13.8 Å². The van der Waals surface area contributed by atoms with Gasteiger partial charge in [-0.2, -0.15) is 5.26 Å². The average Bonchev–Trinajstić information content (AvgIpc) is 2.92. The van der Waals surface area contributed by atoms with E-state index in [-0.39, 0.29) is 47.5 Å². The SMILES string of the molecule is CNc1cncc(C(=O)N2C[C@H](Nc3c(C(=O)N4C[C@@H](C)O[C@@H](C)C4)cc(Br)cc3[N+](=O)[O-])CC[C@@H]2C#N)c1. The third kappa shape index (κ3) is 6.29. The van der Waals surface area contributed by atoms with Crippen LogP contribution in [0.4, 0.5) is 17.1 Å². The highest BCUT2D eigenvalue weighted by Gasteiger charge is 2.36. The number of nitriles is 1. The summed E-state index contributed by atoms with van der Waals surface area (Å²) in [6.07, 6.45) is 3.52. The Morgan fingerprint density at radius 1 is 1.15 bits per heavy atom. The van der Waals surface area contributed by atoms with Gasteiger partial charge in [-0.3, -0.25) is 24.7 Å². The number of nitro benzene ring substituents is 1. The summed E-state index contributed by atoms with van der Waals surface area (Å²) < 4.78 is 6.15. The Hall–Kier alpha value is -3.76. The molecule has 2 saturated heterocycles. The number of rotatable bonds is 6. The number of nitrogens with one attached hydrogen (secondary N) is 2. The van der Waals surface area contributed by atoms with E-state index < -0.39 is 17.0 Å². The Balaban J connectivity index is 1.65. The molecular formula is C26H30BrN7O5. The fourth-order valence-corrected chi connectivity index (χ4v) is 5.53. The second kappa shape index (κ2) is 12.0. The van der Waals surface area contributed by atoms with E-state index in [9.17, 15) is 25.0 Å². The van der Waals surface area contributed by atoms with Gasteiger partial charge < -0.3 is 25.2 Å². The standard InChI is InChI=1S/C26H30BrN7O5/c1-15-12-32(13-16(2)39-15)26(36)22-7-18(27)8-23(34(37)38)24(22)31-19-4-5-21(9-28)33(14-19)25(35)17-6-20(29-3)11-30-10-17/h6-8,10-11,15-16,19,21,29,31H,4-5,12-14H2,1-3H3/t15-,16+,19-,21-/m1/s1. The molecule has 12 nitrogen and oxygen atoms in total. The molecule has 4 atom stereocenters. The van der Waals surface area contributed by atoms with Crippen LogP contribution < -0.4 is 10.6 Å². The molecule has 2 N–H and O–H groups in total. The lowest BCUT2D eigenvalue weighted by Gasteiger charge is -2.38. The molecule has 2 aliphatic heterocycles. The molecular weight excluding hydrogens is 570 g/mol. The number of hydrogen-bond acceptors (Lipinski definition) is 9. The summed E-state index contributed by atoms with van der Waals surface area (Å²) in [6.45, 7) is 4.59. The average molecular weight is 600 g/mol. The summed E-state index contributed by atoms with van der Waals surface area (Å²) in [5.74, 6) is -0.715. The molecule has 0 bridgehead atoms. The van der Waals surface area contributed by atoms with Gasteiger partial charge in [-0.1, -0.05) is 15.9 Å². The molecule has 0 spiro atoms. The van der Waals surface area contributed by atoms with Crippen molar-refractivity contribution in [2.24, 2.45) is 0 Å². The molecule has 206 valence electrons. The molecule has 2 aliphatic rings. The number of anilines is 2. The fraction of sp³-hybridized carbons (Fsp3) is 0.462. The van der Waals surface area contributed by atoms with E-state index in [1.54, 1.807) is 30.3 Å². The van der Waals surface area contributed by atoms with Crippen molar-refractivity contribution in [3.05, 3.63) is 56.3 Å². The predicted molar refractivity (Wildman–Crippen MR) is 148 cm³/mol. The summed E-state index contributed by atoms with van der Waals surface area (Å²) >= 11 is 3.31. The normalized spacial score (nSPS) is 23.1. The van der Waals surface area contributed by atoms with Gasteiger partial charge in [0.25, 0.3) is 17.5 Å². The Labute approximate surface area is 234 Å². The number of pyridine rings is 1. The number of amides is 2. The number of carbonyl (C=O) groups is 2. The number of piperidine rings is 1. The van der Waals surface area contributed by atoms with Crippen molar-refractivity contribution < 1.29 is 19.2 Å². The molecule has 0 aliphatic carbocycles. The molecule has 13 heteroatoms. The number of morpholine rings is 1. The van der Waals surface area contributed by atoms with Crippen LogP contribution in [-0.4, -0.2) is 82.5 Å². The van der Waals surface area contributed by atoms with Crippen molar-refractivity contribution in [2.75, 3.05) is 37.3 Å². The summed E-state index contributed by atoms with van der Waals surface area (Å²) in [5.41, 5.74) is 0.966. The number of likely N-dealkylation sites (tertiary alicyclic amines) is 1. The molecule has 2 fully saturated rings. The number of halogens is 1. The Morgan fingerprint density at radius 2 is 1.87 bits per heavy atom. The van der Waals surface area contributed by atoms with Crippen molar-refractivity contribution in [1.29, 1.82) is 5.26 Å². The molecule has 0 radical (unpaired) electrons. The molecule has 4 rings (SSSR count). The molecule has 0 saturated carbocycles. The molecule has 39 heavy (non-hydrogen) atoms. The Morgan fingerprint density at radius 3 is 2.51 bits per heavy atom. The first-order valence-electron chi connectivity index (χ1n) is 12.6. The van der Waals surface area contributed by atoms with Gasteiger partial charge in [-0.15, -0.1) is 0 Å². The lowest BCUT2D eigenvalue weighted by Crippen LogP contribution is -2.51. The first kappa shape index (κ1) is 28.3. The van der Waals surface area contributed by atoms with Gasteiger partial charge in [0, 0.05) is 55.7 Å². The third-order valence-electron chi connectivity index (χ3n) is 6.83. The maximum absolute atomic E-state index is 13.7. The van der Waals surface area contributed by atoms with Gasteiger partial charge in [-0.05, 0) is 38.8 Å². The largest absolute Gasteiger partial charge is 0.387 e. The minimum absolute atomic E-state index is 0.0895. The number of nitrogens with zero attached hydrogens (tertiary/aromatic N) is 5. The van der Waals surface area contributed by atoms with Gasteiger partial charge in [0.1, 0.15) is 11.7 Å². The minimum Gasteiger partial charge on any atom is -0.387 e. The fourth-order valence-electron chi connectivity index (χ4n) is 5.08. The molecule has 3 heterocycles. The van der Waals surface area contributed by atoms with Crippen LogP contribution in [0, 0.1) is 21.4 Å². The van der Waals surface area contributed by atoms with Crippen LogP contribution in [-0.2, 0) is 4.74 Å². The molecule has 1 aromatic carbocycles. The van der Waals surface area contributed by atoms with E-state index in [0.717, 1.165) is 0 Å². The van der Waals surface area contributed by atoms with Crippen LogP contribution in [0.3, 0.4) is 0 Å². The quantitative estimate of drug-likeness (QED) is 0.374. The number of hydrogen-bond donors (Lipinski definition) is 2. The smallest absolute Gasteiger partial charge is 0.294 e. The van der Waals surface area contributed by atoms with E-state index in [2.05, 4.69) is 37.6 Å². The molecule has 1 aromatic heterocycles. The summed E-state index contributed by atoms with van der Waals surface area (Å²) in [5, 5.41) is 27.9. The van der Waals surface area contributed by atoms with Crippen molar-refractivity contribution in [1.82, 2.24) is 14.8 Å². The van der Waals surface area contributed by atoms with Crippen LogP contribution in [0.5, 0.6) is 0 Å². The number of ether oxygens (including phenoxy) is 1. The highest BCUT2D eigenvalue weighted by molar-refractivity contribution is 9.10. The second-order valence-electron chi connectivity index (χ2n) is 9.81. The van der Waals surface area contributed by atoms with Crippen molar-refractivity contribution in [3.63, 3.8) is 0 Å². The molecule has 0 unspecified atom stereocenters. The van der Waals surface area contributed by atoms with Gasteiger partial charge in [-0.25, -0.2) is 0 Å². The van der Waals surface area contributed by atoms with Crippen LogP contribution >= 0.6 is 15.9 Å². The van der Waals surface area contributed by atoms with Crippen LogP contribution in [0.25, 0.3) is 0 Å². The van der Waals surface area contributed by atoms with Gasteiger partial charge in [0.05, 0.1) is 40.0 Å². The van der Waals surface area contributed by atoms with Gasteiger partial charge >= 0.3 is 0 Å². The zero-order chi connectivity index (χ0) is 28.3. The second-order valence-corrected chi connectivity index (χ2v) is 10.7. The Bertz CT molecular complexity index is 1310. The zero-order valence-corrected chi connectivity index (χ0v) is 23.5. The summed E-state index contributed by atoms with van der Waals surface area (Å²) in [4.78, 5) is 45.8. The van der Waals surface area contributed by atoms with E-state index >= 15 is 0 Å². The number of carbonyl (C=O) groups excluding carboxylic acids is 2. The van der Waals surface area contributed by atoms with Crippen LogP contribution in [0.2, 0.25) is 0 Å². The number of nitro groups is 1. The lowest BCUT2D eigenvalue weighted by molar-refractivity contribution is -0.384. The van der Waals surface area contributed by atoms with Crippen LogP contribution in [0.1, 0.15) is 47.4 Å². The van der Waals surface area contributed by atoms with E-state index in [0.29, 0.717) is 41.7 Å². The molecule has 2 amide bonds. The minimum atomic E-state index is -0.661. The maximum Gasteiger partial charge on any atom is 0.294 e. The third-order valence-corrected chi connectivity index (χ3v) is 7.29. The van der Waals surface area contributed by atoms with E-state index in [4.69, 9.17) is 4.74 Å². The van der Waals surface area contributed by atoms with Crippen molar-refractivity contribution in [2.45, 2.75) is 51.0 Å². The summed E-state index contributed by atoms with van der Waals surface area (Å²) in [6, 6.07) is 5.67.